The number of rotatable bonds is 4. The Bertz CT molecular complexity index is 488. The fraction of sp³-hybridized carbons (Fsp3) is 0.533. The van der Waals surface area contributed by atoms with Gasteiger partial charge in [-0.15, -0.1) is 0 Å². The third-order valence-corrected chi connectivity index (χ3v) is 4.72. The van der Waals surface area contributed by atoms with Crippen molar-refractivity contribution < 1.29 is 9.53 Å². The molecule has 21 heavy (non-hydrogen) atoms. The lowest BCUT2D eigenvalue weighted by Gasteiger charge is -2.26. The molecule has 6 heteroatoms. The van der Waals surface area contributed by atoms with Crippen LogP contribution < -0.4 is 15.8 Å². The summed E-state index contributed by atoms with van der Waals surface area (Å²) in [4.78, 5) is 14.7. The van der Waals surface area contributed by atoms with Gasteiger partial charge in [0.15, 0.2) is 0 Å². The van der Waals surface area contributed by atoms with Crippen LogP contribution in [-0.4, -0.2) is 48.6 Å². The molecule has 0 spiro atoms. The Balaban J connectivity index is 2.03. The van der Waals surface area contributed by atoms with Gasteiger partial charge in [0, 0.05) is 24.1 Å². The number of amides is 1. The first-order valence-electron chi connectivity index (χ1n) is 7.18. The molecular formula is C15H23N3O2S. The first kappa shape index (κ1) is 16.0. The van der Waals surface area contributed by atoms with Crippen molar-refractivity contribution in [3.8, 4) is 5.75 Å². The van der Waals surface area contributed by atoms with Crippen molar-refractivity contribution in [1.29, 1.82) is 0 Å². The van der Waals surface area contributed by atoms with Gasteiger partial charge in [0.25, 0.3) is 0 Å². The lowest BCUT2D eigenvalue weighted by molar-refractivity contribution is -0.120. The second kappa shape index (κ2) is 7.56. The number of nitrogen functional groups attached to an aromatic ring is 1. The lowest BCUT2D eigenvalue weighted by Crippen LogP contribution is -2.43. The number of hydrogen-bond donors (Lipinski definition) is 2. The second-order valence-corrected chi connectivity index (χ2v) is 6.35. The summed E-state index contributed by atoms with van der Waals surface area (Å²) in [6.45, 7) is 3.88. The highest BCUT2D eigenvalue weighted by atomic mass is 32.2. The molecule has 0 bridgehead atoms. The van der Waals surface area contributed by atoms with Crippen LogP contribution in [0.2, 0.25) is 0 Å². The predicted octanol–water partition coefficient (Wildman–Crippen LogP) is 2.04. The van der Waals surface area contributed by atoms with Crippen molar-refractivity contribution >= 4 is 29.0 Å². The first-order valence-corrected chi connectivity index (χ1v) is 8.33. The summed E-state index contributed by atoms with van der Waals surface area (Å²) in [6.07, 6.45) is 1.13. The molecule has 1 amide bonds. The molecular weight excluding hydrogens is 286 g/mol. The van der Waals surface area contributed by atoms with Crippen molar-refractivity contribution in [1.82, 2.24) is 4.90 Å². The minimum atomic E-state index is -0.147. The largest absolute Gasteiger partial charge is 0.494 e. The Morgan fingerprint density at radius 3 is 3.00 bits per heavy atom. The van der Waals surface area contributed by atoms with E-state index >= 15 is 0 Å². The second-order valence-electron chi connectivity index (χ2n) is 5.13. The Labute approximate surface area is 130 Å². The van der Waals surface area contributed by atoms with E-state index in [1.54, 1.807) is 25.3 Å². The summed E-state index contributed by atoms with van der Waals surface area (Å²) in [5.41, 5.74) is 7.00. The number of nitrogens with two attached hydrogens (primary N) is 1. The normalized spacial score (nSPS) is 17.8. The van der Waals surface area contributed by atoms with Gasteiger partial charge in [-0.2, -0.15) is 11.8 Å². The number of carbonyl (C=O) groups excluding carboxylic acids is 1. The number of thioether (sulfide) groups is 1. The molecule has 0 aliphatic carbocycles. The summed E-state index contributed by atoms with van der Waals surface area (Å²) in [5, 5.41) is 2.94. The molecule has 1 aliphatic rings. The average molecular weight is 309 g/mol. The molecule has 0 aromatic heterocycles. The minimum absolute atomic E-state index is 0.00929. The summed E-state index contributed by atoms with van der Waals surface area (Å²) in [5.74, 6) is 2.84. The molecule has 1 aliphatic heterocycles. The highest BCUT2D eigenvalue weighted by molar-refractivity contribution is 7.99. The number of hydrogen-bond acceptors (Lipinski definition) is 5. The molecule has 1 aromatic rings. The van der Waals surface area contributed by atoms with Crippen LogP contribution in [0.3, 0.4) is 0 Å². The van der Waals surface area contributed by atoms with Crippen molar-refractivity contribution in [2.24, 2.45) is 0 Å². The fourth-order valence-corrected chi connectivity index (χ4v) is 3.27. The van der Waals surface area contributed by atoms with Gasteiger partial charge in [0.05, 0.1) is 18.8 Å². The summed E-state index contributed by atoms with van der Waals surface area (Å²) < 4.78 is 5.26. The summed E-state index contributed by atoms with van der Waals surface area (Å²) in [7, 11) is 1.57. The van der Waals surface area contributed by atoms with Gasteiger partial charge in [-0.05, 0) is 37.8 Å². The van der Waals surface area contributed by atoms with E-state index < -0.39 is 0 Å². The Morgan fingerprint density at radius 1 is 1.43 bits per heavy atom. The van der Waals surface area contributed by atoms with Crippen LogP contribution in [0.1, 0.15) is 13.3 Å². The molecule has 1 saturated heterocycles. The molecule has 2 rings (SSSR count). The quantitative estimate of drug-likeness (QED) is 0.833. The molecule has 0 saturated carbocycles. The van der Waals surface area contributed by atoms with Crippen LogP contribution >= 0.6 is 11.8 Å². The van der Waals surface area contributed by atoms with Crippen LogP contribution in [0.4, 0.5) is 11.4 Å². The molecule has 3 N–H and O–H groups in total. The van der Waals surface area contributed by atoms with Gasteiger partial charge in [-0.3, -0.25) is 9.69 Å². The number of carbonyl (C=O) groups is 1. The van der Waals surface area contributed by atoms with E-state index in [-0.39, 0.29) is 11.9 Å². The molecule has 1 atom stereocenters. The smallest absolute Gasteiger partial charge is 0.241 e. The Kier molecular flexibility index (Phi) is 5.76. The highest BCUT2D eigenvalue weighted by Crippen LogP contribution is 2.27. The number of ether oxygens (including phenoxy) is 1. The number of nitrogens with one attached hydrogen (secondary N) is 1. The van der Waals surface area contributed by atoms with E-state index in [4.69, 9.17) is 10.5 Å². The van der Waals surface area contributed by atoms with Crippen LogP contribution in [0.15, 0.2) is 18.2 Å². The zero-order chi connectivity index (χ0) is 15.2. The van der Waals surface area contributed by atoms with Crippen molar-refractivity contribution in [2.75, 3.05) is 42.8 Å². The summed E-state index contributed by atoms with van der Waals surface area (Å²) >= 11 is 1.95. The predicted molar refractivity (Wildman–Crippen MR) is 89.0 cm³/mol. The van der Waals surface area contributed by atoms with E-state index in [1.165, 1.54) is 5.75 Å². The lowest BCUT2D eigenvalue weighted by atomic mass is 10.2. The van der Waals surface area contributed by atoms with Crippen molar-refractivity contribution in [2.45, 2.75) is 19.4 Å². The molecule has 116 valence electrons. The van der Waals surface area contributed by atoms with Crippen LogP contribution in [-0.2, 0) is 4.79 Å². The molecule has 0 radical (unpaired) electrons. The number of anilines is 2. The van der Waals surface area contributed by atoms with Gasteiger partial charge >= 0.3 is 0 Å². The third kappa shape index (κ3) is 4.28. The van der Waals surface area contributed by atoms with E-state index in [1.807, 2.05) is 18.7 Å². The number of nitrogens with zero attached hydrogens (tertiary/aromatic N) is 1. The highest BCUT2D eigenvalue weighted by Gasteiger charge is 2.23. The molecule has 1 fully saturated rings. The maximum atomic E-state index is 12.4. The monoisotopic (exact) mass is 309 g/mol. The van der Waals surface area contributed by atoms with E-state index in [0.717, 1.165) is 25.3 Å². The van der Waals surface area contributed by atoms with Crippen molar-refractivity contribution in [3.05, 3.63) is 18.2 Å². The molecule has 1 unspecified atom stereocenters. The maximum Gasteiger partial charge on any atom is 0.241 e. The zero-order valence-corrected chi connectivity index (χ0v) is 13.4. The van der Waals surface area contributed by atoms with Gasteiger partial charge in [0.1, 0.15) is 5.75 Å². The van der Waals surface area contributed by atoms with Gasteiger partial charge in [0.2, 0.25) is 5.91 Å². The van der Waals surface area contributed by atoms with E-state index in [2.05, 4.69) is 10.2 Å². The molecule has 5 nitrogen and oxygen atoms in total. The zero-order valence-electron chi connectivity index (χ0n) is 12.6. The van der Waals surface area contributed by atoms with E-state index in [9.17, 15) is 4.79 Å². The maximum absolute atomic E-state index is 12.4. The van der Waals surface area contributed by atoms with Crippen LogP contribution in [0.5, 0.6) is 5.75 Å². The average Bonchev–Trinajstić information content (AvgIpc) is 2.77. The van der Waals surface area contributed by atoms with Gasteiger partial charge in [-0.25, -0.2) is 0 Å². The fourth-order valence-electron chi connectivity index (χ4n) is 2.37. The number of benzene rings is 1. The number of methoxy groups -OCH3 is 1. The SMILES string of the molecule is COc1cc(N)ccc1NC(=O)C(C)N1CCCSCC1. The van der Waals surface area contributed by atoms with Crippen LogP contribution in [0.25, 0.3) is 0 Å². The molecule has 1 heterocycles. The van der Waals surface area contributed by atoms with Crippen molar-refractivity contribution in [3.63, 3.8) is 0 Å². The van der Waals surface area contributed by atoms with E-state index in [0.29, 0.717) is 17.1 Å². The Hall–Kier alpha value is -1.40. The first-order chi connectivity index (χ1) is 10.1. The standard InChI is InChI=1S/C15H23N3O2S/c1-11(18-6-3-8-21-9-7-18)15(19)17-13-5-4-12(16)10-14(13)20-2/h4-5,10-11H,3,6-9,16H2,1-2H3,(H,17,19). The summed E-state index contributed by atoms with van der Waals surface area (Å²) in [6, 6.07) is 5.09. The topological polar surface area (TPSA) is 67.6 Å². The van der Waals surface area contributed by atoms with Gasteiger partial charge in [-0.1, -0.05) is 0 Å². The minimum Gasteiger partial charge on any atom is -0.494 e. The Morgan fingerprint density at radius 2 is 2.24 bits per heavy atom. The van der Waals surface area contributed by atoms with Crippen LogP contribution in [0, 0.1) is 0 Å². The third-order valence-electron chi connectivity index (χ3n) is 3.67. The molecule has 1 aromatic carbocycles. The van der Waals surface area contributed by atoms with Gasteiger partial charge < -0.3 is 15.8 Å².